The van der Waals surface area contributed by atoms with Gasteiger partial charge in [-0.2, -0.15) is 4.39 Å². The number of nitrogens with one attached hydrogen (secondary N) is 1. The molecule has 9 nitrogen and oxygen atoms in total. The number of hydrogen-bond acceptors (Lipinski definition) is 7. The van der Waals surface area contributed by atoms with Crippen molar-refractivity contribution >= 4 is 29.5 Å². The molecule has 11 heteroatoms. The maximum absolute atomic E-state index is 13.5. The van der Waals surface area contributed by atoms with Gasteiger partial charge in [0.1, 0.15) is 22.3 Å². The first-order valence-electron chi connectivity index (χ1n) is 7.95. The maximum Gasteiger partial charge on any atom is 0.342 e. The number of carbonyl (C=O) groups is 1. The Bertz CT molecular complexity index is 1080. The number of thioether (sulfide) groups is 1. The van der Waals surface area contributed by atoms with Crippen LogP contribution in [0.2, 0.25) is 0 Å². The number of hydrogen-bond donors (Lipinski definition) is 2. The molecule has 2 N–H and O–H groups in total. The molecule has 2 heterocycles. The Balaban J connectivity index is 1.88. The van der Waals surface area contributed by atoms with Gasteiger partial charge in [0.25, 0.3) is 0 Å². The molecule has 3 rings (SSSR count). The smallest absolute Gasteiger partial charge is 0.342 e. The van der Waals surface area contributed by atoms with Crippen molar-refractivity contribution in [1.82, 2.24) is 15.2 Å². The van der Waals surface area contributed by atoms with Gasteiger partial charge < -0.3 is 9.52 Å². The lowest BCUT2D eigenvalue weighted by Crippen LogP contribution is -1.97. The van der Waals surface area contributed by atoms with Crippen molar-refractivity contribution in [3.8, 4) is 11.3 Å². The van der Waals surface area contributed by atoms with Gasteiger partial charge in [-0.25, -0.2) is 9.78 Å². The predicted molar refractivity (Wildman–Crippen MR) is 98.0 cm³/mol. The number of aliphatic carboxylic acids is 1. The number of nitro benzene ring substituents is 1. The van der Waals surface area contributed by atoms with Crippen LogP contribution in [-0.4, -0.2) is 31.2 Å². The van der Waals surface area contributed by atoms with E-state index in [1.54, 1.807) is 0 Å². The third-order valence-corrected chi connectivity index (χ3v) is 4.46. The van der Waals surface area contributed by atoms with Crippen LogP contribution in [0.4, 0.5) is 10.1 Å². The van der Waals surface area contributed by atoms with Gasteiger partial charge in [-0.05, 0) is 36.0 Å². The van der Waals surface area contributed by atoms with E-state index < -0.39 is 22.4 Å². The summed E-state index contributed by atoms with van der Waals surface area (Å²) >= 11 is 0.850. The Morgan fingerprint density at radius 3 is 2.86 bits per heavy atom. The standard InChI is InChI=1S/C17H13FN4O5S/c1-2-15-19-17(21-20-15)28-14(16(23)24)8-10-4-6-13(27-10)9-3-5-11(18)12(7-9)22(25)26/h3-8H,2H2,1H3,(H,23,24)(H,19,20,21)/b14-8+. The van der Waals surface area contributed by atoms with Crippen molar-refractivity contribution in [1.29, 1.82) is 0 Å². The first-order valence-corrected chi connectivity index (χ1v) is 8.77. The van der Waals surface area contributed by atoms with Gasteiger partial charge in [0.15, 0.2) is 0 Å². The molecule has 28 heavy (non-hydrogen) atoms. The molecule has 0 fully saturated rings. The average Bonchev–Trinajstić information content (AvgIpc) is 3.30. The average molecular weight is 404 g/mol. The van der Waals surface area contributed by atoms with Crippen LogP contribution in [0.15, 0.2) is 44.8 Å². The van der Waals surface area contributed by atoms with Crippen LogP contribution in [0.3, 0.4) is 0 Å². The van der Waals surface area contributed by atoms with Crippen molar-refractivity contribution in [2.24, 2.45) is 0 Å². The molecular weight excluding hydrogens is 391 g/mol. The number of aromatic nitrogens is 3. The summed E-state index contributed by atoms with van der Waals surface area (Å²) < 4.78 is 19.0. The molecule has 0 spiro atoms. The molecule has 1 aromatic carbocycles. The fourth-order valence-electron chi connectivity index (χ4n) is 2.24. The first-order chi connectivity index (χ1) is 13.4. The number of aryl methyl sites for hydroxylation is 1. The Labute approximate surface area is 161 Å². The third-order valence-electron chi connectivity index (χ3n) is 3.59. The lowest BCUT2D eigenvalue weighted by molar-refractivity contribution is -0.387. The quantitative estimate of drug-likeness (QED) is 0.262. The molecule has 0 bridgehead atoms. The van der Waals surface area contributed by atoms with E-state index in [9.17, 15) is 24.4 Å². The second-order valence-corrected chi connectivity index (χ2v) is 6.47. The summed E-state index contributed by atoms with van der Waals surface area (Å²) in [7, 11) is 0. The molecule has 144 valence electrons. The predicted octanol–water partition coefficient (Wildman–Crippen LogP) is 3.89. The number of nitrogens with zero attached hydrogens (tertiary/aromatic N) is 3. The van der Waals surface area contributed by atoms with Crippen molar-refractivity contribution in [3.05, 3.63) is 62.8 Å². The number of H-pyrrole nitrogens is 1. The Morgan fingerprint density at radius 2 is 2.21 bits per heavy atom. The zero-order valence-corrected chi connectivity index (χ0v) is 15.2. The molecule has 3 aromatic rings. The molecule has 0 amide bonds. The minimum atomic E-state index is -1.19. The van der Waals surface area contributed by atoms with E-state index in [0.717, 1.165) is 23.9 Å². The van der Waals surface area contributed by atoms with Crippen LogP contribution in [0.5, 0.6) is 0 Å². The molecule has 0 radical (unpaired) electrons. The van der Waals surface area contributed by atoms with Crippen molar-refractivity contribution in [2.75, 3.05) is 0 Å². The van der Waals surface area contributed by atoms with E-state index in [0.29, 0.717) is 17.8 Å². The fourth-order valence-corrected chi connectivity index (χ4v) is 2.94. The van der Waals surface area contributed by atoms with Gasteiger partial charge in [0, 0.05) is 24.1 Å². The SMILES string of the molecule is CCc1nc(S/C(=C/c2ccc(-c3ccc(F)c([N+](=O)[O-])c3)o2)C(=O)O)n[nH]1. The molecule has 0 saturated carbocycles. The molecular formula is C17H13FN4O5S. The minimum Gasteiger partial charge on any atom is -0.477 e. The van der Waals surface area contributed by atoms with Crippen LogP contribution >= 0.6 is 11.8 Å². The summed E-state index contributed by atoms with van der Waals surface area (Å²) in [5.41, 5.74) is -0.386. The molecule has 2 aromatic heterocycles. The monoisotopic (exact) mass is 404 g/mol. The normalized spacial score (nSPS) is 11.6. The van der Waals surface area contributed by atoms with Crippen LogP contribution in [-0.2, 0) is 11.2 Å². The highest BCUT2D eigenvalue weighted by molar-refractivity contribution is 8.04. The number of aromatic amines is 1. The van der Waals surface area contributed by atoms with Crippen molar-refractivity contribution < 1.29 is 23.6 Å². The van der Waals surface area contributed by atoms with Crippen LogP contribution < -0.4 is 0 Å². The van der Waals surface area contributed by atoms with Crippen LogP contribution in [0, 0.1) is 15.9 Å². The van der Waals surface area contributed by atoms with Gasteiger partial charge >= 0.3 is 11.7 Å². The summed E-state index contributed by atoms with van der Waals surface area (Å²) in [5.74, 6) is -1.08. The Hall–Kier alpha value is -3.47. The molecule has 0 atom stereocenters. The number of carboxylic acid groups (broad SMARTS) is 1. The zero-order chi connectivity index (χ0) is 20.3. The summed E-state index contributed by atoms with van der Waals surface area (Å²) in [6.45, 7) is 1.88. The molecule has 0 saturated heterocycles. The highest BCUT2D eigenvalue weighted by Crippen LogP contribution is 2.30. The second kappa shape index (κ2) is 8.05. The van der Waals surface area contributed by atoms with Gasteiger partial charge in [0.2, 0.25) is 11.0 Å². The van der Waals surface area contributed by atoms with Gasteiger partial charge in [0.05, 0.1) is 4.92 Å². The number of carboxylic acids is 1. The second-order valence-electron chi connectivity index (χ2n) is 5.46. The summed E-state index contributed by atoms with van der Waals surface area (Å²) in [4.78, 5) is 25.6. The van der Waals surface area contributed by atoms with E-state index >= 15 is 0 Å². The van der Waals surface area contributed by atoms with Crippen LogP contribution in [0.1, 0.15) is 18.5 Å². The highest BCUT2D eigenvalue weighted by Gasteiger charge is 2.18. The number of nitro groups is 1. The number of halogens is 1. The lowest BCUT2D eigenvalue weighted by atomic mass is 10.1. The number of furan rings is 1. The van der Waals surface area contributed by atoms with Crippen LogP contribution in [0.25, 0.3) is 17.4 Å². The zero-order valence-electron chi connectivity index (χ0n) is 14.4. The first kappa shape index (κ1) is 19.3. The van der Waals surface area contributed by atoms with Gasteiger partial charge in [-0.15, -0.1) is 5.10 Å². The lowest BCUT2D eigenvalue weighted by Gasteiger charge is -1.99. The summed E-state index contributed by atoms with van der Waals surface area (Å²) in [6, 6.07) is 6.37. The van der Waals surface area contributed by atoms with Crippen molar-refractivity contribution in [2.45, 2.75) is 18.5 Å². The highest BCUT2D eigenvalue weighted by atomic mass is 32.2. The number of benzene rings is 1. The summed E-state index contributed by atoms with van der Waals surface area (Å²) in [5, 5.41) is 27.2. The van der Waals surface area contributed by atoms with E-state index in [1.165, 1.54) is 24.3 Å². The molecule has 0 unspecified atom stereocenters. The number of rotatable bonds is 7. The maximum atomic E-state index is 13.5. The minimum absolute atomic E-state index is 0.0763. The Morgan fingerprint density at radius 1 is 1.43 bits per heavy atom. The largest absolute Gasteiger partial charge is 0.477 e. The van der Waals surface area contributed by atoms with Gasteiger partial charge in [-0.3, -0.25) is 15.2 Å². The Kier molecular flexibility index (Phi) is 5.54. The molecule has 0 aliphatic carbocycles. The molecule has 0 aliphatic rings. The topological polar surface area (TPSA) is 135 Å². The van der Waals surface area contributed by atoms with E-state index in [1.807, 2.05) is 6.92 Å². The van der Waals surface area contributed by atoms with Gasteiger partial charge in [-0.1, -0.05) is 6.92 Å². The van der Waals surface area contributed by atoms with E-state index in [4.69, 9.17) is 4.42 Å². The molecule has 0 aliphatic heterocycles. The fraction of sp³-hybridized carbons (Fsp3) is 0.118. The van der Waals surface area contributed by atoms with Crippen molar-refractivity contribution in [3.63, 3.8) is 0 Å². The van der Waals surface area contributed by atoms with E-state index in [-0.39, 0.29) is 21.6 Å². The third kappa shape index (κ3) is 4.26. The van der Waals surface area contributed by atoms with E-state index in [2.05, 4.69) is 15.2 Å². The summed E-state index contributed by atoms with van der Waals surface area (Å²) in [6.07, 6.45) is 1.92.